The summed E-state index contributed by atoms with van der Waals surface area (Å²) < 4.78 is 0. The van der Waals surface area contributed by atoms with Gasteiger partial charge in [0.05, 0.1) is 0 Å². The molecule has 0 saturated carbocycles. The highest BCUT2D eigenvalue weighted by Crippen LogP contribution is 2.15. The van der Waals surface area contributed by atoms with Crippen molar-refractivity contribution in [1.82, 2.24) is 4.98 Å². The molecule has 2 nitrogen and oxygen atoms in total. The summed E-state index contributed by atoms with van der Waals surface area (Å²) in [7, 11) is 0. The molecule has 1 heterocycles. The van der Waals surface area contributed by atoms with Gasteiger partial charge in [-0.15, -0.1) is 0 Å². The molecule has 1 aromatic rings. The lowest BCUT2D eigenvalue weighted by atomic mass is 10.2. The van der Waals surface area contributed by atoms with Crippen molar-refractivity contribution < 1.29 is 5.11 Å². The Balaban J connectivity index is 3.04. The Kier molecular flexibility index (Phi) is 2.26. The van der Waals surface area contributed by atoms with Gasteiger partial charge in [0.25, 0.3) is 0 Å². The normalized spacial score (nSPS) is 9.27. The molecule has 1 N–H and O–H groups in total. The lowest BCUT2D eigenvalue weighted by Gasteiger charge is -1.96. The second-order valence-electron chi connectivity index (χ2n) is 2.63. The van der Waals surface area contributed by atoms with E-state index in [1.807, 2.05) is 19.9 Å². The third-order valence-electron chi connectivity index (χ3n) is 1.24. The standard InChI is InChI=1S/C9H11NO/c1-7(2)6-8-9(11)4-3-5-10-8/h3-6,11H,1-2H3. The van der Waals surface area contributed by atoms with Gasteiger partial charge in [0.2, 0.25) is 0 Å². The Morgan fingerprint density at radius 1 is 1.55 bits per heavy atom. The molecule has 0 aliphatic heterocycles. The summed E-state index contributed by atoms with van der Waals surface area (Å²) >= 11 is 0. The molecule has 11 heavy (non-hydrogen) atoms. The van der Waals surface area contributed by atoms with Crippen molar-refractivity contribution in [2.45, 2.75) is 13.8 Å². The lowest BCUT2D eigenvalue weighted by Crippen LogP contribution is -1.80. The fourth-order valence-electron chi connectivity index (χ4n) is 0.794. The summed E-state index contributed by atoms with van der Waals surface area (Å²) in [4.78, 5) is 3.99. The number of aromatic nitrogens is 1. The molecule has 0 atom stereocenters. The quantitative estimate of drug-likeness (QED) is 0.664. The Hall–Kier alpha value is -1.31. The summed E-state index contributed by atoms with van der Waals surface area (Å²) in [5, 5.41) is 9.25. The molecular weight excluding hydrogens is 138 g/mol. The third-order valence-corrected chi connectivity index (χ3v) is 1.24. The van der Waals surface area contributed by atoms with Crippen molar-refractivity contribution in [3.8, 4) is 5.75 Å². The van der Waals surface area contributed by atoms with Crippen LogP contribution in [0.1, 0.15) is 19.5 Å². The summed E-state index contributed by atoms with van der Waals surface area (Å²) in [6.45, 7) is 3.93. The second-order valence-corrected chi connectivity index (χ2v) is 2.63. The van der Waals surface area contributed by atoms with Gasteiger partial charge in [0.15, 0.2) is 0 Å². The minimum absolute atomic E-state index is 0.230. The van der Waals surface area contributed by atoms with Gasteiger partial charge in [-0.3, -0.25) is 4.98 Å². The van der Waals surface area contributed by atoms with Crippen LogP contribution in [-0.2, 0) is 0 Å². The highest BCUT2D eigenvalue weighted by Gasteiger charge is 1.94. The SMILES string of the molecule is CC(C)=Cc1ncccc1O. The highest BCUT2D eigenvalue weighted by atomic mass is 16.3. The average molecular weight is 149 g/mol. The molecule has 0 aliphatic carbocycles. The summed E-state index contributed by atoms with van der Waals surface area (Å²) in [5.74, 6) is 0.230. The number of allylic oxidation sites excluding steroid dienone is 1. The zero-order chi connectivity index (χ0) is 8.27. The Morgan fingerprint density at radius 3 is 2.82 bits per heavy atom. The largest absolute Gasteiger partial charge is 0.506 e. The van der Waals surface area contributed by atoms with Gasteiger partial charge in [0, 0.05) is 6.20 Å². The van der Waals surface area contributed by atoms with Crippen LogP contribution in [0.25, 0.3) is 6.08 Å². The zero-order valence-corrected chi connectivity index (χ0v) is 6.70. The van der Waals surface area contributed by atoms with E-state index in [2.05, 4.69) is 4.98 Å². The van der Waals surface area contributed by atoms with Crippen molar-refractivity contribution in [3.05, 3.63) is 29.6 Å². The molecule has 0 saturated heterocycles. The monoisotopic (exact) mass is 149 g/mol. The number of nitrogens with zero attached hydrogens (tertiary/aromatic N) is 1. The average Bonchev–Trinajstić information content (AvgIpc) is 1.93. The van der Waals surface area contributed by atoms with Crippen LogP contribution in [0.2, 0.25) is 0 Å². The van der Waals surface area contributed by atoms with Crippen LogP contribution in [0.5, 0.6) is 5.75 Å². The van der Waals surface area contributed by atoms with Crippen LogP contribution in [-0.4, -0.2) is 10.1 Å². The first-order valence-corrected chi connectivity index (χ1v) is 3.49. The predicted octanol–water partition coefficient (Wildman–Crippen LogP) is 2.21. The van der Waals surface area contributed by atoms with Crippen molar-refractivity contribution in [1.29, 1.82) is 0 Å². The van der Waals surface area contributed by atoms with Gasteiger partial charge in [-0.05, 0) is 32.1 Å². The van der Waals surface area contributed by atoms with E-state index in [-0.39, 0.29) is 5.75 Å². The summed E-state index contributed by atoms with van der Waals surface area (Å²) in [6.07, 6.45) is 3.50. The number of aromatic hydroxyl groups is 1. The Bertz CT molecular complexity index is 275. The zero-order valence-electron chi connectivity index (χ0n) is 6.70. The maximum absolute atomic E-state index is 9.25. The minimum atomic E-state index is 0.230. The molecule has 0 aromatic carbocycles. The summed E-state index contributed by atoms with van der Waals surface area (Å²) in [6, 6.07) is 3.33. The third kappa shape index (κ3) is 2.08. The van der Waals surface area contributed by atoms with Crippen molar-refractivity contribution in [2.75, 3.05) is 0 Å². The first-order chi connectivity index (χ1) is 5.20. The topological polar surface area (TPSA) is 33.1 Å². The molecule has 0 fully saturated rings. The second kappa shape index (κ2) is 3.19. The lowest BCUT2D eigenvalue weighted by molar-refractivity contribution is 0.471. The molecule has 0 unspecified atom stereocenters. The van der Waals surface area contributed by atoms with Gasteiger partial charge < -0.3 is 5.11 Å². The maximum atomic E-state index is 9.25. The van der Waals surface area contributed by atoms with Gasteiger partial charge in [0.1, 0.15) is 11.4 Å². The van der Waals surface area contributed by atoms with E-state index in [0.29, 0.717) is 5.69 Å². The van der Waals surface area contributed by atoms with E-state index >= 15 is 0 Å². The van der Waals surface area contributed by atoms with Crippen LogP contribution < -0.4 is 0 Å². The number of hydrogen-bond acceptors (Lipinski definition) is 2. The van der Waals surface area contributed by atoms with Crippen molar-refractivity contribution in [3.63, 3.8) is 0 Å². The maximum Gasteiger partial charge on any atom is 0.141 e. The highest BCUT2D eigenvalue weighted by molar-refractivity contribution is 5.54. The number of pyridine rings is 1. The van der Waals surface area contributed by atoms with E-state index in [0.717, 1.165) is 5.57 Å². The van der Waals surface area contributed by atoms with Crippen LogP contribution in [0.15, 0.2) is 23.9 Å². The van der Waals surface area contributed by atoms with Crippen LogP contribution in [0.4, 0.5) is 0 Å². The van der Waals surface area contributed by atoms with E-state index in [9.17, 15) is 5.11 Å². The molecule has 0 aliphatic rings. The van der Waals surface area contributed by atoms with Gasteiger partial charge >= 0.3 is 0 Å². The first-order valence-electron chi connectivity index (χ1n) is 3.49. The molecular formula is C9H11NO. The van der Waals surface area contributed by atoms with Gasteiger partial charge in [-0.25, -0.2) is 0 Å². The Morgan fingerprint density at radius 2 is 2.27 bits per heavy atom. The fraction of sp³-hybridized carbons (Fsp3) is 0.222. The van der Waals surface area contributed by atoms with Crippen LogP contribution in [0, 0.1) is 0 Å². The molecule has 0 spiro atoms. The molecule has 1 aromatic heterocycles. The molecule has 0 radical (unpaired) electrons. The molecule has 0 bridgehead atoms. The molecule has 58 valence electrons. The van der Waals surface area contributed by atoms with Crippen molar-refractivity contribution in [2.24, 2.45) is 0 Å². The smallest absolute Gasteiger partial charge is 0.141 e. The minimum Gasteiger partial charge on any atom is -0.506 e. The van der Waals surface area contributed by atoms with Crippen molar-refractivity contribution >= 4 is 6.08 Å². The molecule has 1 rings (SSSR count). The van der Waals surface area contributed by atoms with E-state index in [1.54, 1.807) is 18.3 Å². The van der Waals surface area contributed by atoms with Gasteiger partial charge in [-0.2, -0.15) is 0 Å². The Labute approximate surface area is 66.2 Å². The van der Waals surface area contributed by atoms with E-state index in [4.69, 9.17) is 0 Å². The molecule has 2 heteroatoms. The fourth-order valence-corrected chi connectivity index (χ4v) is 0.794. The number of rotatable bonds is 1. The summed E-state index contributed by atoms with van der Waals surface area (Å²) in [5.41, 5.74) is 1.76. The number of hydrogen-bond donors (Lipinski definition) is 1. The van der Waals surface area contributed by atoms with Crippen LogP contribution >= 0.6 is 0 Å². The van der Waals surface area contributed by atoms with E-state index < -0.39 is 0 Å². The molecule has 0 amide bonds. The van der Waals surface area contributed by atoms with Gasteiger partial charge in [-0.1, -0.05) is 5.57 Å². The van der Waals surface area contributed by atoms with E-state index in [1.165, 1.54) is 0 Å². The first kappa shape index (κ1) is 7.79. The van der Waals surface area contributed by atoms with Crippen LogP contribution in [0.3, 0.4) is 0 Å². The predicted molar refractivity (Wildman–Crippen MR) is 45.2 cm³/mol.